The monoisotopic (exact) mass is 179 g/mol. The molecule has 2 aliphatic carbocycles. The number of rotatable bonds is 2. The summed E-state index contributed by atoms with van der Waals surface area (Å²) >= 11 is 0. The number of hydrogen-bond acceptors (Lipinski definition) is 1. The fourth-order valence-corrected chi connectivity index (χ4v) is 1.95. The molecule has 0 aromatic heterocycles. The van der Waals surface area contributed by atoms with Crippen molar-refractivity contribution in [2.24, 2.45) is 11.3 Å². The van der Waals surface area contributed by atoms with Gasteiger partial charge in [-0.05, 0) is 24.7 Å². The van der Waals surface area contributed by atoms with Gasteiger partial charge in [-0.15, -0.1) is 0 Å². The van der Waals surface area contributed by atoms with Gasteiger partial charge in [-0.25, -0.2) is 0 Å². The maximum absolute atomic E-state index is 11.6. The molecule has 0 saturated heterocycles. The molecule has 2 nitrogen and oxygen atoms in total. The van der Waals surface area contributed by atoms with E-state index in [0.29, 0.717) is 6.04 Å². The van der Waals surface area contributed by atoms with Gasteiger partial charge in [-0.3, -0.25) is 4.79 Å². The van der Waals surface area contributed by atoms with Crippen LogP contribution in [0.25, 0.3) is 0 Å². The minimum Gasteiger partial charge on any atom is -0.352 e. The smallest absolute Gasteiger partial charge is 0.223 e. The predicted molar refractivity (Wildman–Crippen MR) is 52.2 cm³/mol. The van der Waals surface area contributed by atoms with Gasteiger partial charge < -0.3 is 5.32 Å². The van der Waals surface area contributed by atoms with E-state index in [0.717, 1.165) is 19.3 Å². The molecule has 72 valence electrons. The lowest BCUT2D eigenvalue weighted by Gasteiger charge is -2.12. The molecule has 2 aliphatic rings. The molecule has 0 heterocycles. The number of hydrogen-bond donors (Lipinski definition) is 1. The Kier molecular flexibility index (Phi) is 1.94. The van der Waals surface area contributed by atoms with Crippen molar-refractivity contribution in [1.82, 2.24) is 5.32 Å². The third kappa shape index (κ3) is 1.77. The minimum absolute atomic E-state index is 0.260. The molecular weight excluding hydrogens is 162 g/mol. The molecule has 1 fully saturated rings. The van der Waals surface area contributed by atoms with Crippen molar-refractivity contribution in [1.29, 1.82) is 0 Å². The summed E-state index contributed by atoms with van der Waals surface area (Å²) in [5.74, 6) is 0.534. The maximum Gasteiger partial charge on any atom is 0.223 e. The van der Waals surface area contributed by atoms with Crippen LogP contribution in [-0.4, -0.2) is 11.9 Å². The van der Waals surface area contributed by atoms with Crippen LogP contribution in [0.5, 0.6) is 0 Å². The second-order valence-corrected chi connectivity index (χ2v) is 4.89. The molecular formula is C11H17NO. The van der Waals surface area contributed by atoms with Crippen molar-refractivity contribution < 1.29 is 4.79 Å². The summed E-state index contributed by atoms with van der Waals surface area (Å²) in [5.41, 5.74) is 0.260. The van der Waals surface area contributed by atoms with Gasteiger partial charge in [0, 0.05) is 12.0 Å². The Labute approximate surface area is 79.4 Å². The third-order valence-electron chi connectivity index (χ3n) is 3.18. The van der Waals surface area contributed by atoms with E-state index in [-0.39, 0.29) is 17.2 Å². The molecule has 0 aliphatic heterocycles. The lowest BCUT2D eigenvalue weighted by Crippen LogP contribution is -2.34. The first-order chi connectivity index (χ1) is 6.09. The van der Waals surface area contributed by atoms with Gasteiger partial charge in [0.2, 0.25) is 5.91 Å². The molecule has 2 heteroatoms. The first-order valence-electron chi connectivity index (χ1n) is 5.05. The highest BCUT2D eigenvalue weighted by Gasteiger charge is 2.50. The first-order valence-corrected chi connectivity index (χ1v) is 5.05. The number of nitrogens with one attached hydrogen (secondary N) is 1. The van der Waals surface area contributed by atoms with E-state index in [9.17, 15) is 4.79 Å². The van der Waals surface area contributed by atoms with Crippen LogP contribution >= 0.6 is 0 Å². The van der Waals surface area contributed by atoms with Gasteiger partial charge in [0.15, 0.2) is 0 Å². The lowest BCUT2D eigenvalue weighted by molar-refractivity contribution is -0.123. The van der Waals surface area contributed by atoms with Crippen LogP contribution in [0.15, 0.2) is 12.2 Å². The molecule has 1 N–H and O–H groups in total. The van der Waals surface area contributed by atoms with E-state index in [1.54, 1.807) is 0 Å². The molecule has 0 aromatic carbocycles. The van der Waals surface area contributed by atoms with Crippen LogP contribution in [0, 0.1) is 11.3 Å². The Balaban J connectivity index is 1.80. The van der Waals surface area contributed by atoms with E-state index >= 15 is 0 Å². The van der Waals surface area contributed by atoms with Crippen molar-refractivity contribution in [3.05, 3.63) is 12.2 Å². The zero-order valence-corrected chi connectivity index (χ0v) is 8.34. The van der Waals surface area contributed by atoms with Crippen molar-refractivity contribution in [2.45, 2.75) is 39.2 Å². The van der Waals surface area contributed by atoms with Crippen molar-refractivity contribution in [2.75, 3.05) is 0 Å². The number of carbonyl (C=O) groups excluding carboxylic acids is 1. The third-order valence-corrected chi connectivity index (χ3v) is 3.18. The molecule has 1 atom stereocenters. The van der Waals surface area contributed by atoms with E-state index in [1.807, 2.05) is 0 Å². The van der Waals surface area contributed by atoms with Crippen molar-refractivity contribution >= 4 is 5.91 Å². The second kappa shape index (κ2) is 2.86. The average Bonchev–Trinajstić information content (AvgIpc) is 2.49. The summed E-state index contributed by atoms with van der Waals surface area (Å²) in [4.78, 5) is 11.6. The fourth-order valence-electron chi connectivity index (χ4n) is 1.95. The van der Waals surface area contributed by atoms with E-state index in [2.05, 4.69) is 31.3 Å². The van der Waals surface area contributed by atoms with Crippen LogP contribution in [0.4, 0.5) is 0 Å². The normalized spacial score (nSPS) is 30.5. The molecule has 0 spiro atoms. The summed E-state index contributed by atoms with van der Waals surface area (Å²) < 4.78 is 0. The zero-order valence-electron chi connectivity index (χ0n) is 8.34. The highest BCUT2D eigenvalue weighted by molar-refractivity contribution is 5.82. The summed E-state index contributed by atoms with van der Waals surface area (Å²) in [5, 5.41) is 3.09. The predicted octanol–water partition coefficient (Wildman–Crippen LogP) is 1.87. The van der Waals surface area contributed by atoms with Gasteiger partial charge in [0.1, 0.15) is 0 Å². The first kappa shape index (κ1) is 8.79. The van der Waals surface area contributed by atoms with Gasteiger partial charge >= 0.3 is 0 Å². The summed E-state index contributed by atoms with van der Waals surface area (Å²) in [6.07, 6.45) is 7.36. The largest absolute Gasteiger partial charge is 0.352 e. The van der Waals surface area contributed by atoms with Crippen LogP contribution in [0.1, 0.15) is 33.1 Å². The molecule has 0 bridgehead atoms. The number of carbonyl (C=O) groups is 1. The van der Waals surface area contributed by atoms with Crippen LogP contribution in [0.3, 0.4) is 0 Å². The SMILES string of the molecule is CC1(C)CC1C(=O)NC1CC=CC1. The summed E-state index contributed by atoms with van der Waals surface area (Å²) in [7, 11) is 0. The van der Waals surface area contributed by atoms with Crippen LogP contribution < -0.4 is 5.32 Å². The Hall–Kier alpha value is -0.790. The van der Waals surface area contributed by atoms with Gasteiger partial charge in [0.25, 0.3) is 0 Å². The summed E-state index contributed by atoms with van der Waals surface area (Å²) in [6, 6.07) is 0.379. The van der Waals surface area contributed by atoms with Crippen molar-refractivity contribution in [3.63, 3.8) is 0 Å². The maximum atomic E-state index is 11.6. The lowest BCUT2D eigenvalue weighted by atomic mass is 10.1. The molecule has 2 rings (SSSR count). The second-order valence-electron chi connectivity index (χ2n) is 4.89. The van der Waals surface area contributed by atoms with E-state index in [1.165, 1.54) is 0 Å². The highest BCUT2D eigenvalue weighted by atomic mass is 16.2. The molecule has 0 aromatic rings. The van der Waals surface area contributed by atoms with Gasteiger partial charge in [0.05, 0.1) is 0 Å². The number of amides is 1. The molecule has 13 heavy (non-hydrogen) atoms. The minimum atomic E-state index is 0.260. The molecule has 1 amide bonds. The van der Waals surface area contributed by atoms with Crippen molar-refractivity contribution in [3.8, 4) is 0 Å². The molecule has 1 saturated carbocycles. The topological polar surface area (TPSA) is 29.1 Å². The van der Waals surface area contributed by atoms with E-state index in [4.69, 9.17) is 0 Å². The highest BCUT2D eigenvalue weighted by Crippen LogP contribution is 2.51. The molecule has 0 radical (unpaired) electrons. The van der Waals surface area contributed by atoms with E-state index < -0.39 is 0 Å². The Morgan fingerprint density at radius 2 is 1.92 bits per heavy atom. The quantitative estimate of drug-likeness (QED) is 0.644. The average molecular weight is 179 g/mol. The fraction of sp³-hybridized carbons (Fsp3) is 0.727. The van der Waals surface area contributed by atoms with Gasteiger partial charge in [-0.1, -0.05) is 26.0 Å². The van der Waals surface area contributed by atoms with Gasteiger partial charge in [-0.2, -0.15) is 0 Å². The molecule has 1 unspecified atom stereocenters. The Morgan fingerprint density at radius 3 is 2.38 bits per heavy atom. The Morgan fingerprint density at radius 1 is 1.38 bits per heavy atom. The van der Waals surface area contributed by atoms with Crippen LogP contribution in [-0.2, 0) is 4.79 Å². The Bertz CT molecular complexity index is 247. The standard InChI is InChI=1S/C11H17NO/c1-11(2)7-9(11)10(13)12-8-5-3-4-6-8/h3-4,8-9H,5-7H2,1-2H3,(H,12,13). The zero-order chi connectivity index (χ0) is 9.47. The van der Waals surface area contributed by atoms with Crippen LogP contribution in [0.2, 0.25) is 0 Å². The summed E-state index contributed by atoms with van der Waals surface area (Å²) in [6.45, 7) is 4.31.